The fourth-order valence-corrected chi connectivity index (χ4v) is 2.22. The number of nitrogens with zero attached hydrogens (tertiary/aromatic N) is 6. The molecule has 0 bridgehead atoms. The predicted octanol–water partition coefficient (Wildman–Crippen LogP) is -0.649. The van der Waals surface area contributed by atoms with E-state index in [4.69, 9.17) is 10.00 Å². The molecule has 8 heteroatoms. The highest BCUT2D eigenvalue weighted by molar-refractivity contribution is 5.78. The van der Waals surface area contributed by atoms with Gasteiger partial charge in [-0.3, -0.25) is 14.4 Å². The lowest BCUT2D eigenvalue weighted by atomic mass is 10.2. The molecule has 21 heavy (non-hydrogen) atoms. The minimum Gasteiger partial charge on any atom is -0.374 e. The van der Waals surface area contributed by atoms with Gasteiger partial charge in [0, 0.05) is 26.7 Å². The zero-order valence-electron chi connectivity index (χ0n) is 12.2. The molecule has 0 radical (unpaired) electrons. The smallest absolute Gasteiger partial charge is 0.236 e. The minimum absolute atomic E-state index is 0.0117. The number of carbonyl (C=O) groups excluding carboxylic acids is 1. The molecule has 1 aromatic heterocycles. The molecule has 0 N–H and O–H groups in total. The highest BCUT2D eigenvalue weighted by atomic mass is 16.5. The minimum atomic E-state index is 0.0117. The van der Waals surface area contributed by atoms with E-state index in [2.05, 4.69) is 15.0 Å². The van der Waals surface area contributed by atoms with Gasteiger partial charge >= 0.3 is 0 Å². The van der Waals surface area contributed by atoms with E-state index in [1.165, 1.54) is 6.33 Å². The van der Waals surface area contributed by atoms with E-state index in [0.29, 0.717) is 39.2 Å². The van der Waals surface area contributed by atoms with Crippen molar-refractivity contribution in [1.29, 1.82) is 5.26 Å². The van der Waals surface area contributed by atoms with E-state index in [1.807, 2.05) is 6.07 Å². The third-order valence-electron chi connectivity index (χ3n) is 3.42. The molecule has 2 heterocycles. The second kappa shape index (κ2) is 7.71. The summed E-state index contributed by atoms with van der Waals surface area (Å²) < 4.78 is 7.42. The molecule has 1 saturated heterocycles. The first-order valence-corrected chi connectivity index (χ1v) is 6.96. The van der Waals surface area contributed by atoms with Crippen LogP contribution >= 0.6 is 0 Å². The number of likely N-dealkylation sites (N-methyl/N-ethyl adjacent to an activating group) is 1. The highest BCUT2D eigenvalue weighted by Gasteiger charge is 2.23. The first-order chi connectivity index (χ1) is 10.2. The molecule has 1 atom stereocenters. The summed E-state index contributed by atoms with van der Waals surface area (Å²) in [5, 5.41) is 12.6. The highest BCUT2D eigenvalue weighted by Crippen LogP contribution is 2.07. The zero-order chi connectivity index (χ0) is 15.1. The number of aromatic nitrogens is 3. The van der Waals surface area contributed by atoms with Crippen LogP contribution < -0.4 is 0 Å². The molecule has 2 rings (SSSR count). The Bertz CT molecular complexity index is 483. The van der Waals surface area contributed by atoms with Gasteiger partial charge in [0.15, 0.2) is 0 Å². The summed E-state index contributed by atoms with van der Waals surface area (Å²) in [5.74, 6) is 0.0339. The van der Waals surface area contributed by atoms with Crippen molar-refractivity contribution in [3.8, 4) is 6.07 Å². The van der Waals surface area contributed by atoms with Gasteiger partial charge < -0.3 is 9.64 Å². The first-order valence-electron chi connectivity index (χ1n) is 6.96. The van der Waals surface area contributed by atoms with E-state index < -0.39 is 0 Å². The Kier molecular flexibility index (Phi) is 5.66. The van der Waals surface area contributed by atoms with Gasteiger partial charge in [0.25, 0.3) is 0 Å². The van der Waals surface area contributed by atoms with Gasteiger partial charge in [-0.25, -0.2) is 4.98 Å². The molecular weight excluding hydrogens is 272 g/mol. The number of carbonyl (C=O) groups is 1. The number of ether oxygens (including phenoxy) is 1. The van der Waals surface area contributed by atoms with E-state index in [1.54, 1.807) is 23.0 Å². The van der Waals surface area contributed by atoms with Gasteiger partial charge in [-0.2, -0.15) is 10.4 Å². The van der Waals surface area contributed by atoms with E-state index in [-0.39, 0.29) is 12.0 Å². The second-order valence-corrected chi connectivity index (χ2v) is 5.07. The topological polar surface area (TPSA) is 87.3 Å². The molecule has 114 valence electrons. The van der Waals surface area contributed by atoms with Gasteiger partial charge in [-0.1, -0.05) is 0 Å². The van der Waals surface area contributed by atoms with Crippen LogP contribution in [-0.4, -0.2) is 76.4 Å². The summed E-state index contributed by atoms with van der Waals surface area (Å²) in [7, 11) is 1.73. The van der Waals surface area contributed by atoms with Gasteiger partial charge in [-0.15, -0.1) is 0 Å². The van der Waals surface area contributed by atoms with E-state index in [0.717, 1.165) is 6.54 Å². The van der Waals surface area contributed by atoms with Crippen LogP contribution in [0.1, 0.15) is 6.42 Å². The monoisotopic (exact) mass is 292 g/mol. The summed E-state index contributed by atoms with van der Waals surface area (Å²) in [6.07, 6.45) is 3.52. The van der Waals surface area contributed by atoms with Gasteiger partial charge in [-0.05, 0) is 0 Å². The maximum Gasteiger partial charge on any atom is 0.236 e. The van der Waals surface area contributed by atoms with Gasteiger partial charge in [0.2, 0.25) is 5.91 Å². The summed E-state index contributed by atoms with van der Waals surface area (Å²) in [4.78, 5) is 19.6. The molecular formula is C13H20N6O2. The average molecular weight is 292 g/mol. The first kappa shape index (κ1) is 15.4. The van der Waals surface area contributed by atoms with Crippen molar-refractivity contribution >= 4 is 5.91 Å². The van der Waals surface area contributed by atoms with E-state index >= 15 is 0 Å². The zero-order valence-corrected chi connectivity index (χ0v) is 12.2. The van der Waals surface area contributed by atoms with Crippen molar-refractivity contribution in [2.45, 2.75) is 19.1 Å². The average Bonchev–Trinajstić information content (AvgIpc) is 2.98. The van der Waals surface area contributed by atoms with Gasteiger partial charge in [0.05, 0.1) is 38.3 Å². The Morgan fingerprint density at radius 3 is 3.19 bits per heavy atom. The van der Waals surface area contributed by atoms with Crippen molar-refractivity contribution < 1.29 is 9.53 Å². The Hall–Kier alpha value is -1.98. The fourth-order valence-electron chi connectivity index (χ4n) is 2.22. The quantitative estimate of drug-likeness (QED) is 0.692. The Morgan fingerprint density at radius 2 is 2.48 bits per heavy atom. The number of nitriles is 1. The number of hydrogen-bond donors (Lipinski definition) is 0. The Morgan fingerprint density at radius 1 is 1.62 bits per heavy atom. The van der Waals surface area contributed by atoms with Crippen LogP contribution in [0.15, 0.2) is 12.7 Å². The van der Waals surface area contributed by atoms with Crippen molar-refractivity contribution in [2.75, 3.05) is 39.8 Å². The lowest BCUT2D eigenvalue weighted by Crippen LogP contribution is -2.48. The van der Waals surface area contributed by atoms with Crippen LogP contribution in [0, 0.1) is 11.3 Å². The number of rotatable bonds is 6. The summed E-state index contributed by atoms with van der Waals surface area (Å²) >= 11 is 0. The van der Waals surface area contributed by atoms with Crippen LogP contribution in [0.25, 0.3) is 0 Å². The van der Waals surface area contributed by atoms with Crippen molar-refractivity contribution in [3.63, 3.8) is 0 Å². The predicted molar refractivity (Wildman–Crippen MR) is 74.1 cm³/mol. The molecule has 1 unspecified atom stereocenters. The molecule has 1 aliphatic heterocycles. The van der Waals surface area contributed by atoms with E-state index in [9.17, 15) is 4.79 Å². The largest absolute Gasteiger partial charge is 0.374 e. The molecule has 1 amide bonds. The fraction of sp³-hybridized carbons (Fsp3) is 0.692. The van der Waals surface area contributed by atoms with Crippen LogP contribution in [0.4, 0.5) is 0 Å². The summed E-state index contributed by atoms with van der Waals surface area (Å²) in [5.41, 5.74) is 0. The normalized spacial score (nSPS) is 19.1. The Balaban J connectivity index is 1.78. The maximum atomic E-state index is 12.0. The Labute approximate surface area is 123 Å². The van der Waals surface area contributed by atoms with Crippen molar-refractivity contribution in [1.82, 2.24) is 24.6 Å². The lowest BCUT2D eigenvalue weighted by molar-refractivity contribution is -0.133. The SMILES string of the molecule is CN(CCC#N)C(=O)CN1CCOC(Cn2cncn2)C1. The third kappa shape index (κ3) is 4.81. The standard InChI is InChI=1S/C13H20N6O2/c1-17(4-2-3-14)13(20)9-18-5-6-21-12(7-18)8-19-11-15-10-16-19/h10-12H,2,4-9H2,1H3. The molecule has 0 aromatic carbocycles. The molecule has 0 saturated carbocycles. The molecule has 1 fully saturated rings. The summed E-state index contributed by atoms with van der Waals surface area (Å²) in [6, 6.07) is 2.05. The molecule has 8 nitrogen and oxygen atoms in total. The van der Waals surface area contributed by atoms with Crippen LogP contribution in [0.3, 0.4) is 0 Å². The second-order valence-electron chi connectivity index (χ2n) is 5.07. The molecule has 0 aliphatic carbocycles. The van der Waals surface area contributed by atoms with Crippen LogP contribution in [0.5, 0.6) is 0 Å². The number of amides is 1. The van der Waals surface area contributed by atoms with Crippen LogP contribution in [0.2, 0.25) is 0 Å². The lowest BCUT2D eigenvalue weighted by Gasteiger charge is -2.33. The van der Waals surface area contributed by atoms with Gasteiger partial charge in [0.1, 0.15) is 12.7 Å². The maximum absolute atomic E-state index is 12.0. The third-order valence-corrected chi connectivity index (χ3v) is 3.42. The number of morpholine rings is 1. The summed E-state index contributed by atoms with van der Waals surface area (Å²) in [6.45, 7) is 3.51. The van der Waals surface area contributed by atoms with Crippen LogP contribution in [-0.2, 0) is 16.1 Å². The number of hydrogen-bond acceptors (Lipinski definition) is 6. The molecule has 1 aromatic rings. The van der Waals surface area contributed by atoms with Crippen molar-refractivity contribution in [3.05, 3.63) is 12.7 Å². The van der Waals surface area contributed by atoms with Crippen molar-refractivity contribution in [2.24, 2.45) is 0 Å². The molecule has 1 aliphatic rings. The molecule has 0 spiro atoms.